The molecular formula is C18H19F3N4O2. The zero-order valence-electron chi connectivity index (χ0n) is 15.0. The van der Waals surface area contributed by atoms with Crippen LogP contribution in [0.1, 0.15) is 32.4 Å². The fourth-order valence-corrected chi connectivity index (χ4v) is 4.04. The lowest BCUT2D eigenvalue weighted by Crippen LogP contribution is -2.41. The van der Waals surface area contributed by atoms with E-state index in [9.17, 15) is 28.0 Å². The summed E-state index contributed by atoms with van der Waals surface area (Å²) in [5.41, 5.74) is -2.08. The first kappa shape index (κ1) is 19.1. The number of hydrogen-bond acceptors (Lipinski definition) is 4. The number of allylic oxidation sites excluding steroid dienone is 1. The van der Waals surface area contributed by atoms with E-state index in [0.717, 1.165) is 16.9 Å². The van der Waals surface area contributed by atoms with Crippen molar-refractivity contribution in [1.29, 1.82) is 5.26 Å². The predicted molar refractivity (Wildman–Crippen MR) is 88.0 cm³/mol. The van der Waals surface area contributed by atoms with E-state index in [4.69, 9.17) is 0 Å². The Balaban J connectivity index is 1.73. The van der Waals surface area contributed by atoms with Crippen LogP contribution in [0.4, 0.5) is 13.2 Å². The molecule has 1 aromatic heterocycles. The van der Waals surface area contributed by atoms with E-state index in [1.54, 1.807) is 24.8 Å². The number of carbonyl (C=O) groups is 2. The van der Waals surface area contributed by atoms with E-state index in [1.807, 2.05) is 6.07 Å². The van der Waals surface area contributed by atoms with Gasteiger partial charge in [-0.2, -0.15) is 23.5 Å². The number of amides is 1. The van der Waals surface area contributed by atoms with Gasteiger partial charge < -0.3 is 4.90 Å². The van der Waals surface area contributed by atoms with Gasteiger partial charge in [-0.15, -0.1) is 0 Å². The largest absolute Gasteiger partial charge is 0.435 e. The fraction of sp³-hybridized carbons (Fsp3) is 0.556. The summed E-state index contributed by atoms with van der Waals surface area (Å²) in [6.45, 7) is 4.04. The van der Waals surface area contributed by atoms with E-state index >= 15 is 0 Å². The molecule has 27 heavy (non-hydrogen) atoms. The third-order valence-corrected chi connectivity index (χ3v) is 5.19. The number of alkyl halides is 3. The molecule has 9 heteroatoms. The molecule has 1 amide bonds. The van der Waals surface area contributed by atoms with Crippen molar-refractivity contribution in [3.63, 3.8) is 0 Å². The van der Waals surface area contributed by atoms with Crippen molar-refractivity contribution >= 4 is 11.7 Å². The van der Waals surface area contributed by atoms with Crippen LogP contribution in [-0.4, -0.2) is 39.5 Å². The maximum Gasteiger partial charge on any atom is 0.435 e. The summed E-state index contributed by atoms with van der Waals surface area (Å²) in [7, 11) is 0. The molecule has 1 fully saturated rings. The number of nitrogens with zero attached hydrogens (tertiary/aromatic N) is 4. The topological polar surface area (TPSA) is 79.0 Å². The van der Waals surface area contributed by atoms with Crippen LogP contribution in [0.15, 0.2) is 23.9 Å². The van der Waals surface area contributed by atoms with Gasteiger partial charge in [-0.1, -0.05) is 19.9 Å². The van der Waals surface area contributed by atoms with Gasteiger partial charge in [-0.25, -0.2) is 0 Å². The van der Waals surface area contributed by atoms with Crippen LogP contribution in [0, 0.1) is 22.2 Å². The van der Waals surface area contributed by atoms with Crippen LogP contribution in [0.5, 0.6) is 0 Å². The van der Waals surface area contributed by atoms with Crippen molar-refractivity contribution in [3.8, 4) is 6.07 Å². The maximum absolute atomic E-state index is 12.6. The molecule has 1 spiro atoms. The molecule has 1 atom stereocenters. The van der Waals surface area contributed by atoms with E-state index < -0.39 is 22.7 Å². The van der Waals surface area contributed by atoms with Gasteiger partial charge in [0.05, 0.1) is 5.57 Å². The molecule has 144 valence electrons. The standard InChI is InChI=1S/C18H19F3N4O2/c1-16(2)10-17(7-12(8-22)15(16)27)4-6-24(11-17)14(26)9-25-5-3-13(23-25)18(19,20)21/h3,5,7H,4,6,9-11H2,1-2H3/t17-/m0/s1. The Labute approximate surface area is 154 Å². The Morgan fingerprint density at radius 3 is 2.70 bits per heavy atom. The quantitative estimate of drug-likeness (QED) is 0.790. The molecule has 1 aliphatic carbocycles. The first-order valence-corrected chi connectivity index (χ1v) is 8.52. The van der Waals surface area contributed by atoms with Crippen molar-refractivity contribution < 1.29 is 22.8 Å². The normalized spacial score (nSPS) is 24.8. The number of aromatic nitrogens is 2. The second kappa shape index (κ2) is 6.22. The molecular weight excluding hydrogens is 361 g/mol. The van der Waals surface area contributed by atoms with Gasteiger partial charge >= 0.3 is 6.18 Å². The molecule has 6 nitrogen and oxygen atoms in total. The zero-order chi connectivity index (χ0) is 20.0. The first-order valence-electron chi connectivity index (χ1n) is 8.52. The molecule has 1 saturated heterocycles. The highest BCUT2D eigenvalue weighted by atomic mass is 19.4. The average Bonchev–Trinajstić information content (AvgIpc) is 3.18. The molecule has 1 aliphatic heterocycles. The van der Waals surface area contributed by atoms with Crippen LogP contribution < -0.4 is 0 Å². The van der Waals surface area contributed by atoms with Crippen molar-refractivity contribution in [3.05, 3.63) is 29.6 Å². The molecule has 0 radical (unpaired) electrons. The van der Waals surface area contributed by atoms with Crippen molar-refractivity contribution in [2.24, 2.45) is 10.8 Å². The number of rotatable bonds is 2. The van der Waals surface area contributed by atoms with Crippen LogP contribution in [-0.2, 0) is 22.3 Å². The highest BCUT2D eigenvalue weighted by Gasteiger charge is 2.48. The van der Waals surface area contributed by atoms with Crippen LogP contribution >= 0.6 is 0 Å². The van der Waals surface area contributed by atoms with Crippen molar-refractivity contribution in [2.45, 2.75) is 39.4 Å². The number of likely N-dealkylation sites (tertiary alicyclic amines) is 1. The van der Waals surface area contributed by atoms with Gasteiger partial charge in [0.2, 0.25) is 5.91 Å². The Kier molecular flexibility index (Phi) is 4.41. The summed E-state index contributed by atoms with van der Waals surface area (Å²) in [6, 6.07) is 2.78. The summed E-state index contributed by atoms with van der Waals surface area (Å²) in [4.78, 5) is 26.4. The van der Waals surface area contributed by atoms with E-state index in [2.05, 4.69) is 5.10 Å². The van der Waals surface area contributed by atoms with Gasteiger partial charge in [-0.05, 0) is 18.9 Å². The van der Waals surface area contributed by atoms with Gasteiger partial charge in [0.15, 0.2) is 11.5 Å². The number of carbonyl (C=O) groups excluding carboxylic acids is 2. The summed E-state index contributed by atoms with van der Waals surface area (Å²) >= 11 is 0. The second-order valence-corrected chi connectivity index (χ2v) is 7.88. The smallest absolute Gasteiger partial charge is 0.340 e. The highest BCUT2D eigenvalue weighted by molar-refractivity contribution is 6.03. The molecule has 2 heterocycles. The third kappa shape index (κ3) is 3.61. The Hall–Kier alpha value is -2.63. The summed E-state index contributed by atoms with van der Waals surface area (Å²) in [5, 5.41) is 12.7. The van der Waals surface area contributed by atoms with Crippen LogP contribution in [0.2, 0.25) is 0 Å². The number of ketones is 1. The third-order valence-electron chi connectivity index (χ3n) is 5.19. The maximum atomic E-state index is 12.6. The molecule has 0 aromatic carbocycles. The molecule has 1 aromatic rings. The van der Waals surface area contributed by atoms with Crippen LogP contribution in [0.3, 0.4) is 0 Å². The lowest BCUT2D eigenvalue weighted by molar-refractivity contribution is -0.142. The van der Waals surface area contributed by atoms with E-state index in [0.29, 0.717) is 25.9 Å². The number of halogens is 3. The van der Waals surface area contributed by atoms with E-state index in [-0.39, 0.29) is 23.8 Å². The number of Topliss-reactive ketones (excluding diaryl/α,β-unsaturated/α-hetero) is 1. The minimum absolute atomic E-state index is 0.113. The average molecular weight is 380 g/mol. The van der Waals surface area contributed by atoms with Crippen molar-refractivity contribution in [2.75, 3.05) is 13.1 Å². The monoisotopic (exact) mass is 380 g/mol. The SMILES string of the molecule is CC1(C)C[C@@]2(C=C(C#N)C1=O)CCN(C(=O)Cn1ccc(C(F)(F)F)n1)C2. The Morgan fingerprint density at radius 1 is 1.41 bits per heavy atom. The summed E-state index contributed by atoms with van der Waals surface area (Å²) in [6.07, 6.45) is -0.627. The Morgan fingerprint density at radius 2 is 2.11 bits per heavy atom. The fourth-order valence-electron chi connectivity index (χ4n) is 4.04. The summed E-state index contributed by atoms with van der Waals surface area (Å²) < 4.78 is 38.8. The van der Waals surface area contributed by atoms with E-state index in [1.165, 1.54) is 0 Å². The van der Waals surface area contributed by atoms with Gasteiger partial charge in [-0.3, -0.25) is 14.3 Å². The van der Waals surface area contributed by atoms with Gasteiger partial charge in [0.1, 0.15) is 12.6 Å². The lowest BCUT2D eigenvalue weighted by Gasteiger charge is -2.38. The minimum atomic E-state index is -4.55. The predicted octanol–water partition coefficient (Wildman–Crippen LogP) is 2.57. The van der Waals surface area contributed by atoms with Crippen molar-refractivity contribution in [1.82, 2.24) is 14.7 Å². The number of nitriles is 1. The molecule has 0 bridgehead atoms. The van der Waals surface area contributed by atoms with Gasteiger partial charge in [0, 0.05) is 30.1 Å². The number of hydrogen-bond donors (Lipinski definition) is 0. The summed E-state index contributed by atoms with van der Waals surface area (Å²) in [5.74, 6) is -0.540. The lowest BCUT2D eigenvalue weighted by atomic mass is 9.64. The minimum Gasteiger partial charge on any atom is -0.340 e. The molecule has 0 saturated carbocycles. The Bertz CT molecular complexity index is 863. The highest BCUT2D eigenvalue weighted by Crippen LogP contribution is 2.47. The van der Waals surface area contributed by atoms with Crippen LogP contribution in [0.25, 0.3) is 0 Å². The van der Waals surface area contributed by atoms with Gasteiger partial charge in [0.25, 0.3) is 0 Å². The molecule has 3 rings (SSSR count). The molecule has 0 unspecified atom stereocenters. The molecule has 2 aliphatic rings. The zero-order valence-corrected chi connectivity index (χ0v) is 15.0. The first-order chi connectivity index (χ1) is 12.5. The second-order valence-electron chi connectivity index (χ2n) is 7.88. The molecule has 0 N–H and O–H groups in total.